The van der Waals surface area contributed by atoms with Gasteiger partial charge in [-0.15, -0.1) is 0 Å². The summed E-state index contributed by atoms with van der Waals surface area (Å²) < 4.78 is 0. The van der Waals surface area contributed by atoms with Crippen molar-refractivity contribution in [1.82, 2.24) is 15.0 Å². The number of allylic oxidation sites excluding steroid dienone is 1. The van der Waals surface area contributed by atoms with Gasteiger partial charge in [0.25, 0.3) is 0 Å². The number of rotatable bonds is 8. The maximum absolute atomic E-state index is 5.61. The molecule has 0 saturated heterocycles. The SMILES string of the molecule is C=N/C=C(\CC)c1ccc(-c2nc(-c3ccc(-c4cccnc4)cc3)nc3c(-c4ccc5ccc6cccc7ccc4c5c67)cc(-c4ccc5ccc6cccc7ccc4c5c67)cc23)cc1. The predicted molar refractivity (Wildman–Crippen MR) is 280 cm³/mol. The Morgan fingerprint density at radius 1 is 0.470 bits per heavy atom. The van der Waals surface area contributed by atoms with E-state index in [4.69, 9.17) is 9.97 Å². The zero-order valence-corrected chi connectivity index (χ0v) is 36.3. The highest BCUT2D eigenvalue weighted by Gasteiger charge is 2.22. The van der Waals surface area contributed by atoms with Gasteiger partial charge in [-0.25, -0.2) is 9.97 Å². The molecule has 0 aliphatic heterocycles. The number of fused-ring (bicyclic) bond motifs is 1. The van der Waals surface area contributed by atoms with Crippen LogP contribution in [-0.2, 0) is 0 Å². The molecule has 0 N–H and O–H groups in total. The molecule has 0 spiro atoms. The standard InChI is InChI=1S/C62H40N4/c1-3-37(35-63-2)38-12-20-46(21-13-38)60-55-34-49(50-28-24-44-18-16-40-7-4-9-42-26-30-52(50)58(44)56(40)42)33-54(51-29-25-45-19-17-41-8-5-10-43-27-31-53(51)59(45)57(41)43)61(55)66-62(65-60)47-22-14-39(15-23-47)48-11-6-32-64-36-48/h4-36H,2-3H2,1H3/b37-35+. The molecule has 4 nitrogen and oxygen atoms in total. The number of hydrogen-bond acceptors (Lipinski definition) is 4. The minimum Gasteiger partial charge on any atom is -0.272 e. The van der Waals surface area contributed by atoms with Crippen LogP contribution in [-0.4, -0.2) is 21.7 Å². The second-order valence-corrected chi connectivity index (χ2v) is 17.3. The number of aliphatic imine (C=N–C) groups is 1. The molecule has 0 aliphatic carbocycles. The second kappa shape index (κ2) is 15.0. The second-order valence-electron chi connectivity index (χ2n) is 17.3. The quantitative estimate of drug-likeness (QED) is 0.113. The minimum absolute atomic E-state index is 0.666. The molecule has 13 rings (SSSR count). The molecule has 0 radical (unpaired) electrons. The first kappa shape index (κ1) is 37.9. The summed E-state index contributed by atoms with van der Waals surface area (Å²) in [5, 5.41) is 16.0. The zero-order valence-electron chi connectivity index (χ0n) is 36.3. The monoisotopic (exact) mass is 840 g/mol. The van der Waals surface area contributed by atoms with Crippen LogP contribution in [0.25, 0.3) is 137 Å². The molecule has 308 valence electrons. The van der Waals surface area contributed by atoms with Crippen LogP contribution in [0.2, 0.25) is 0 Å². The maximum Gasteiger partial charge on any atom is 0.160 e. The lowest BCUT2D eigenvalue weighted by atomic mass is 9.86. The van der Waals surface area contributed by atoms with Gasteiger partial charge in [0.1, 0.15) is 0 Å². The number of benzene rings is 11. The Hall–Kier alpha value is -8.60. The van der Waals surface area contributed by atoms with Crippen LogP contribution in [0, 0.1) is 0 Å². The predicted octanol–water partition coefficient (Wildman–Crippen LogP) is 16.6. The van der Waals surface area contributed by atoms with Gasteiger partial charge in [-0.05, 0) is 135 Å². The lowest BCUT2D eigenvalue weighted by molar-refractivity contribution is 1.22. The van der Waals surface area contributed by atoms with E-state index in [1.54, 1.807) is 6.20 Å². The van der Waals surface area contributed by atoms with Gasteiger partial charge in [0, 0.05) is 40.7 Å². The molecule has 2 heterocycles. The molecule has 13 aromatic rings. The molecule has 0 aliphatic rings. The summed E-state index contributed by atoms with van der Waals surface area (Å²) in [5.74, 6) is 0.666. The Labute approximate surface area is 381 Å². The fourth-order valence-corrected chi connectivity index (χ4v) is 10.6. The fraction of sp³-hybridized carbons (Fsp3) is 0.0323. The fourth-order valence-electron chi connectivity index (χ4n) is 10.6. The van der Waals surface area contributed by atoms with Crippen molar-refractivity contribution >= 4 is 87.8 Å². The normalized spacial score (nSPS) is 12.2. The van der Waals surface area contributed by atoms with Crippen molar-refractivity contribution in [2.75, 3.05) is 0 Å². The Morgan fingerprint density at radius 2 is 1.03 bits per heavy atom. The first-order valence-corrected chi connectivity index (χ1v) is 22.6. The third-order valence-corrected chi connectivity index (χ3v) is 13.8. The molecule has 0 unspecified atom stereocenters. The van der Waals surface area contributed by atoms with Crippen LogP contribution in [0.15, 0.2) is 206 Å². The van der Waals surface area contributed by atoms with Gasteiger partial charge in [-0.2, -0.15) is 0 Å². The van der Waals surface area contributed by atoms with E-state index in [-0.39, 0.29) is 0 Å². The Bertz CT molecular complexity index is 4040. The highest BCUT2D eigenvalue weighted by atomic mass is 14.9. The highest BCUT2D eigenvalue weighted by Crippen LogP contribution is 2.46. The summed E-state index contributed by atoms with van der Waals surface area (Å²) in [4.78, 5) is 19.6. The van der Waals surface area contributed by atoms with Gasteiger partial charge in [0.2, 0.25) is 0 Å². The van der Waals surface area contributed by atoms with Crippen molar-refractivity contribution in [2.24, 2.45) is 4.99 Å². The van der Waals surface area contributed by atoms with Crippen molar-refractivity contribution in [3.8, 4) is 56.0 Å². The Morgan fingerprint density at radius 3 is 1.64 bits per heavy atom. The third kappa shape index (κ3) is 5.92. The minimum atomic E-state index is 0.666. The average molecular weight is 841 g/mol. The van der Waals surface area contributed by atoms with Gasteiger partial charge in [-0.3, -0.25) is 9.98 Å². The van der Waals surface area contributed by atoms with Gasteiger partial charge < -0.3 is 0 Å². The number of nitrogens with zero attached hydrogens (tertiary/aromatic N) is 4. The summed E-state index contributed by atoms with van der Waals surface area (Å²) in [5.41, 5.74) is 12.6. The topological polar surface area (TPSA) is 51.0 Å². The van der Waals surface area contributed by atoms with Crippen LogP contribution in [0.1, 0.15) is 18.9 Å². The lowest BCUT2D eigenvalue weighted by Crippen LogP contribution is -1.99. The highest BCUT2D eigenvalue weighted by molar-refractivity contribution is 6.28. The van der Waals surface area contributed by atoms with Crippen LogP contribution >= 0.6 is 0 Å². The molecule has 11 aromatic carbocycles. The van der Waals surface area contributed by atoms with Gasteiger partial charge in [-0.1, -0.05) is 171 Å². The van der Waals surface area contributed by atoms with Crippen LogP contribution in [0.4, 0.5) is 0 Å². The van der Waals surface area contributed by atoms with Gasteiger partial charge in [0.15, 0.2) is 5.82 Å². The first-order valence-electron chi connectivity index (χ1n) is 22.6. The molecule has 2 aromatic heterocycles. The van der Waals surface area contributed by atoms with E-state index < -0.39 is 0 Å². The number of aromatic nitrogens is 3. The van der Waals surface area contributed by atoms with Crippen molar-refractivity contribution in [3.05, 3.63) is 206 Å². The van der Waals surface area contributed by atoms with Crippen LogP contribution in [0.3, 0.4) is 0 Å². The molecule has 0 bridgehead atoms. The summed E-state index contributed by atoms with van der Waals surface area (Å²) in [6.07, 6.45) is 6.40. The summed E-state index contributed by atoms with van der Waals surface area (Å²) in [6.45, 7) is 5.89. The zero-order chi connectivity index (χ0) is 43.9. The molecular weight excluding hydrogens is 801 g/mol. The van der Waals surface area contributed by atoms with E-state index in [0.29, 0.717) is 5.82 Å². The summed E-state index contributed by atoms with van der Waals surface area (Å²) >= 11 is 0. The molecular formula is C62H40N4. The van der Waals surface area contributed by atoms with E-state index in [1.807, 2.05) is 18.5 Å². The Balaban J connectivity index is 1.13. The van der Waals surface area contributed by atoms with Crippen molar-refractivity contribution < 1.29 is 0 Å². The van der Waals surface area contributed by atoms with E-state index in [0.717, 1.165) is 73.1 Å². The number of hydrogen-bond donors (Lipinski definition) is 0. The van der Waals surface area contributed by atoms with Crippen molar-refractivity contribution in [2.45, 2.75) is 13.3 Å². The molecule has 66 heavy (non-hydrogen) atoms. The summed E-state index contributed by atoms with van der Waals surface area (Å²) in [6, 6.07) is 66.6. The molecule has 0 saturated carbocycles. The van der Waals surface area contributed by atoms with Crippen LogP contribution < -0.4 is 0 Å². The Kier molecular flexibility index (Phi) is 8.62. The average Bonchev–Trinajstić information content (AvgIpc) is 3.38. The molecule has 0 amide bonds. The first-order chi connectivity index (χ1) is 32.6. The largest absolute Gasteiger partial charge is 0.272 e. The summed E-state index contributed by atoms with van der Waals surface area (Å²) in [7, 11) is 0. The van der Waals surface area contributed by atoms with E-state index >= 15 is 0 Å². The van der Waals surface area contributed by atoms with E-state index in [1.165, 1.54) is 70.2 Å². The van der Waals surface area contributed by atoms with E-state index in [9.17, 15) is 0 Å². The third-order valence-electron chi connectivity index (χ3n) is 13.8. The molecule has 4 heteroatoms. The number of pyridine rings is 1. The molecule has 0 fully saturated rings. The van der Waals surface area contributed by atoms with Gasteiger partial charge >= 0.3 is 0 Å². The smallest absolute Gasteiger partial charge is 0.160 e. The van der Waals surface area contributed by atoms with Crippen LogP contribution in [0.5, 0.6) is 0 Å². The van der Waals surface area contributed by atoms with E-state index in [2.05, 4.69) is 200 Å². The maximum atomic E-state index is 5.61. The van der Waals surface area contributed by atoms with Gasteiger partial charge in [0.05, 0.1) is 11.2 Å². The lowest BCUT2D eigenvalue weighted by Gasteiger charge is -2.19. The molecule has 0 atom stereocenters. The van der Waals surface area contributed by atoms with Crippen molar-refractivity contribution in [1.29, 1.82) is 0 Å². The van der Waals surface area contributed by atoms with Crippen molar-refractivity contribution in [3.63, 3.8) is 0 Å².